The zero-order chi connectivity index (χ0) is 11.3. The smallest absolute Gasteiger partial charge is 0.137 e. The fourth-order valence-electron chi connectivity index (χ4n) is 1.41. The van der Waals surface area contributed by atoms with Crippen molar-refractivity contribution in [3.8, 4) is 11.8 Å². The predicted octanol–water partition coefficient (Wildman–Crippen LogP) is 1.61. The summed E-state index contributed by atoms with van der Waals surface area (Å²) in [5.74, 6) is 0.720. The maximum absolute atomic E-state index is 8.75. The number of nitriles is 1. The van der Waals surface area contributed by atoms with Gasteiger partial charge in [0.1, 0.15) is 5.75 Å². The molecule has 4 heteroatoms. The van der Waals surface area contributed by atoms with Crippen molar-refractivity contribution >= 4 is 0 Å². The number of methoxy groups -OCH3 is 1. The first-order valence-corrected chi connectivity index (χ1v) is 4.71. The quantitative estimate of drug-likeness (QED) is 0.749. The fourth-order valence-corrected chi connectivity index (χ4v) is 1.41. The molecule has 1 rings (SSSR count). The molecule has 0 aromatic carbocycles. The Kier molecular flexibility index (Phi) is 4.07. The van der Waals surface area contributed by atoms with E-state index in [2.05, 4.69) is 11.1 Å². The standard InChI is InChI=1S/C11H15N3O/c1-14(2)11(4-5-12)9-6-10(15-3)8-13-7-9/h6-8,11H,4H2,1-3H3. The van der Waals surface area contributed by atoms with Crippen LogP contribution in [0.2, 0.25) is 0 Å². The van der Waals surface area contributed by atoms with Gasteiger partial charge in [-0.2, -0.15) is 5.26 Å². The number of nitrogens with zero attached hydrogens (tertiary/aromatic N) is 3. The minimum absolute atomic E-state index is 0.0672. The summed E-state index contributed by atoms with van der Waals surface area (Å²) in [7, 11) is 5.50. The van der Waals surface area contributed by atoms with Gasteiger partial charge in [-0.05, 0) is 25.7 Å². The van der Waals surface area contributed by atoms with Crippen LogP contribution in [0.4, 0.5) is 0 Å². The van der Waals surface area contributed by atoms with Crippen LogP contribution in [0, 0.1) is 11.3 Å². The second-order valence-electron chi connectivity index (χ2n) is 3.50. The molecule has 0 amide bonds. The van der Waals surface area contributed by atoms with Crippen molar-refractivity contribution in [1.29, 1.82) is 5.26 Å². The zero-order valence-electron chi connectivity index (χ0n) is 9.27. The van der Waals surface area contributed by atoms with Crippen LogP contribution in [-0.4, -0.2) is 31.1 Å². The Labute approximate surface area is 90.1 Å². The highest BCUT2D eigenvalue weighted by Crippen LogP contribution is 2.23. The van der Waals surface area contributed by atoms with Crippen LogP contribution in [-0.2, 0) is 0 Å². The largest absolute Gasteiger partial charge is 0.495 e. The predicted molar refractivity (Wildman–Crippen MR) is 57.4 cm³/mol. The van der Waals surface area contributed by atoms with Gasteiger partial charge in [0.25, 0.3) is 0 Å². The van der Waals surface area contributed by atoms with Gasteiger partial charge in [-0.15, -0.1) is 0 Å². The Bertz CT molecular complexity index is 357. The van der Waals surface area contributed by atoms with E-state index >= 15 is 0 Å². The van der Waals surface area contributed by atoms with Gasteiger partial charge in [-0.1, -0.05) is 0 Å². The number of ether oxygens (including phenoxy) is 1. The maximum atomic E-state index is 8.75. The molecule has 1 aromatic heterocycles. The molecule has 1 aromatic rings. The fraction of sp³-hybridized carbons (Fsp3) is 0.455. The van der Waals surface area contributed by atoms with Gasteiger partial charge in [0.2, 0.25) is 0 Å². The summed E-state index contributed by atoms with van der Waals surface area (Å²) in [5.41, 5.74) is 1.00. The molecule has 0 aliphatic heterocycles. The molecule has 4 nitrogen and oxygen atoms in total. The summed E-state index contributed by atoms with van der Waals surface area (Å²) in [4.78, 5) is 6.08. The lowest BCUT2D eigenvalue weighted by atomic mass is 10.1. The van der Waals surface area contributed by atoms with Crippen molar-refractivity contribution in [2.24, 2.45) is 0 Å². The van der Waals surface area contributed by atoms with Crippen molar-refractivity contribution in [3.05, 3.63) is 24.0 Å². The number of hydrogen-bond acceptors (Lipinski definition) is 4. The van der Waals surface area contributed by atoms with Gasteiger partial charge in [0, 0.05) is 12.2 Å². The summed E-state index contributed by atoms with van der Waals surface area (Å²) in [6, 6.07) is 4.15. The van der Waals surface area contributed by atoms with Crippen LogP contribution in [0.5, 0.6) is 5.75 Å². The van der Waals surface area contributed by atoms with Crippen molar-refractivity contribution in [2.75, 3.05) is 21.2 Å². The van der Waals surface area contributed by atoms with Crippen molar-refractivity contribution in [1.82, 2.24) is 9.88 Å². The summed E-state index contributed by atoms with van der Waals surface area (Å²) in [5, 5.41) is 8.75. The van der Waals surface area contributed by atoms with Gasteiger partial charge in [-0.3, -0.25) is 4.98 Å². The van der Waals surface area contributed by atoms with Gasteiger partial charge in [0.15, 0.2) is 0 Å². The molecule has 0 N–H and O–H groups in total. The third kappa shape index (κ3) is 2.93. The first-order chi connectivity index (χ1) is 7.19. The minimum atomic E-state index is 0.0672. The minimum Gasteiger partial charge on any atom is -0.495 e. The van der Waals surface area contributed by atoms with Crippen LogP contribution in [0.25, 0.3) is 0 Å². The van der Waals surface area contributed by atoms with Gasteiger partial charge in [-0.25, -0.2) is 0 Å². The van der Waals surface area contributed by atoms with Gasteiger partial charge in [0.05, 0.1) is 25.8 Å². The van der Waals surface area contributed by atoms with Crippen molar-refractivity contribution < 1.29 is 4.74 Å². The zero-order valence-corrected chi connectivity index (χ0v) is 9.27. The Hall–Kier alpha value is -1.60. The van der Waals surface area contributed by atoms with Crippen molar-refractivity contribution in [2.45, 2.75) is 12.5 Å². The molecule has 0 bridgehead atoms. The summed E-state index contributed by atoms with van der Waals surface area (Å²) < 4.78 is 5.10. The molecule has 0 aliphatic carbocycles. The summed E-state index contributed by atoms with van der Waals surface area (Å²) in [6.07, 6.45) is 3.87. The number of aromatic nitrogens is 1. The third-order valence-corrected chi connectivity index (χ3v) is 2.26. The molecule has 15 heavy (non-hydrogen) atoms. The molecule has 0 saturated heterocycles. The Morgan fingerprint density at radius 3 is 2.80 bits per heavy atom. The Morgan fingerprint density at radius 1 is 1.53 bits per heavy atom. The topological polar surface area (TPSA) is 49.1 Å². The highest BCUT2D eigenvalue weighted by atomic mass is 16.5. The van der Waals surface area contributed by atoms with Crippen LogP contribution in [0.3, 0.4) is 0 Å². The molecule has 0 spiro atoms. The van der Waals surface area contributed by atoms with Crippen LogP contribution in [0.15, 0.2) is 18.5 Å². The maximum Gasteiger partial charge on any atom is 0.137 e. The lowest BCUT2D eigenvalue weighted by molar-refractivity contribution is 0.301. The third-order valence-electron chi connectivity index (χ3n) is 2.26. The second kappa shape index (κ2) is 5.32. The summed E-state index contributed by atoms with van der Waals surface area (Å²) in [6.45, 7) is 0. The van der Waals surface area contributed by atoms with Crippen LogP contribution >= 0.6 is 0 Å². The van der Waals surface area contributed by atoms with E-state index in [0.29, 0.717) is 6.42 Å². The summed E-state index contributed by atoms with van der Waals surface area (Å²) >= 11 is 0. The second-order valence-corrected chi connectivity index (χ2v) is 3.50. The Morgan fingerprint density at radius 2 is 2.27 bits per heavy atom. The highest BCUT2D eigenvalue weighted by Gasteiger charge is 2.14. The van der Waals surface area contributed by atoms with Crippen molar-refractivity contribution in [3.63, 3.8) is 0 Å². The molecule has 0 saturated carbocycles. The number of hydrogen-bond donors (Lipinski definition) is 0. The van der Waals surface area contributed by atoms with E-state index in [9.17, 15) is 0 Å². The van der Waals surface area contributed by atoms with E-state index < -0.39 is 0 Å². The van der Waals surface area contributed by atoms with E-state index in [-0.39, 0.29) is 6.04 Å². The molecular weight excluding hydrogens is 190 g/mol. The molecule has 1 heterocycles. The molecule has 1 atom stereocenters. The van der Waals surface area contributed by atoms with E-state index in [1.54, 1.807) is 19.5 Å². The first kappa shape index (κ1) is 11.5. The first-order valence-electron chi connectivity index (χ1n) is 4.71. The SMILES string of the molecule is COc1cncc(C(CC#N)N(C)C)c1. The normalized spacial score (nSPS) is 12.2. The molecule has 0 fully saturated rings. The monoisotopic (exact) mass is 205 g/mol. The number of rotatable bonds is 4. The van der Waals surface area contributed by atoms with Crippen LogP contribution < -0.4 is 4.74 Å². The van der Waals surface area contributed by atoms with E-state index in [4.69, 9.17) is 10.00 Å². The highest BCUT2D eigenvalue weighted by molar-refractivity contribution is 5.26. The van der Waals surface area contributed by atoms with Gasteiger partial charge < -0.3 is 9.64 Å². The molecule has 0 radical (unpaired) electrons. The molecule has 80 valence electrons. The molecule has 0 aliphatic rings. The van der Waals surface area contributed by atoms with E-state index in [1.165, 1.54) is 0 Å². The van der Waals surface area contributed by atoms with Gasteiger partial charge >= 0.3 is 0 Å². The van der Waals surface area contributed by atoms with E-state index in [1.807, 2.05) is 25.1 Å². The lowest BCUT2D eigenvalue weighted by Crippen LogP contribution is -2.19. The molecule has 1 unspecified atom stereocenters. The molecular formula is C11H15N3O. The number of pyridine rings is 1. The van der Waals surface area contributed by atoms with Crippen LogP contribution in [0.1, 0.15) is 18.0 Å². The lowest BCUT2D eigenvalue weighted by Gasteiger charge is -2.21. The average molecular weight is 205 g/mol. The van der Waals surface area contributed by atoms with E-state index in [0.717, 1.165) is 11.3 Å². The Balaban J connectivity index is 2.95. The average Bonchev–Trinajstić information content (AvgIpc) is 2.25.